The van der Waals surface area contributed by atoms with Gasteiger partial charge in [-0.3, -0.25) is 4.52 Å². The third kappa shape index (κ3) is 3.94. The molecule has 0 bridgehead atoms. The van der Waals surface area contributed by atoms with Gasteiger partial charge in [-0.05, 0) is 0 Å². The van der Waals surface area contributed by atoms with Crippen molar-refractivity contribution < 1.29 is 18.9 Å². The van der Waals surface area contributed by atoms with Gasteiger partial charge < -0.3 is 9.84 Å². The summed E-state index contributed by atoms with van der Waals surface area (Å²) in [6, 6.07) is 17.9. The van der Waals surface area contributed by atoms with Crippen LogP contribution in [0, 0.1) is 0 Å². The fourth-order valence-corrected chi connectivity index (χ4v) is 1.88. The molecule has 0 heterocycles. The molecule has 2 aromatic rings. The summed E-state index contributed by atoms with van der Waals surface area (Å²) in [5, 5.41) is 9.97. The van der Waals surface area contributed by atoms with E-state index in [1.165, 1.54) is 0 Å². The predicted molar refractivity (Wildman–Crippen MR) is 70.4 cm³/mol. The highest BCUT2D eigenvalue weighted by atomic mass is 31.1. The van der Waals surface area contributed by atoms with Crippen LogP contribution >= 0.6 is 8.69 Å². The molecule has 2 aromatic carbocycles. The summed E-state index contributed by atoms with van der Waals surface area (Å²) in [5.74, 6) is 0. The maximum atomic E-state index is 10.6. The molecule has 2 unspecified atom stereocenters. The van der Waals surface area contributed by atoms with Gasteiger partial charge in [0.25, 0.3) is 0 Å². The molecule has 98 valence electrons. The maximum absolute atomic E-state index is 10.6. The van der Waals surface area contributed by atoms with Crippen LogP contribution in [0.5, 0.6) is 0 Å². The summed E-state index contributed by atoms with van der Waals surface area (Å²) in [6.45, 7) is 0. The third-order valence-electron chi connectivity index (χ3n) is 2.55. The summed E-state index contributed by atoms with van der Waals surface area (Å²) in [6.07, 6.45) is -2.04. The molecule has 0 aromatic heterocycles. The van der Waals surface area contributed by atoms with Crippen LogP contribution in [0.1, 0.15) is 23.7 Å². The van der Waals surface area contributed by atoms with E-state index in [9.17, 15) is 9.67 Å². The van der Waals surface area contributed by atoms with Crippen molar-refractivity contribution in [2.45, 2.75) is 12.6 Å². The lowest BCUT2D eigenvalue weighted by atomic mass is 10.2. The zero-order chi connectivity index (χ0) is 13.5. The first-order chi connectivity index (χ1) is 9.31. The fourth-order valence-electron chi connectivity index (χ4n) is 1.63. The van der Waals surface area contributed by atoms with E-state index in [-0.39, 0.29) is 0 Å². The molecule has 0 amide bonds. The first-order valence-corrected chi connectivity index (χ1v) is 6.46. The average Bonchev–Trinajstić information content (AvgIpc) is 2.48. The van der Waals surface area contributed by atoms with Crippen LogP contribution in [0.2, 0.25) is 0 Å². The molecule has 0 aliphatic carbocycles. The number of hydrogen-bond donors (Lipinski definition) is 1. The molecule has 2 atom stereocenters. The molecular weight excluding hydrogens is 263 g/mol. The van der Waals surface area contributed by atoms with Crippen molar-refractivity contribution in [3.63, 3.8) is 0 Å². The Labute approximate surface area is 112 Å². The Balaban J connectivity index is 2.11. The third-order valence-corrected chi connectivity index (χ3v) is 2.83. The van der Waals surface area contributed by atoms with Crippen molar-refractivity contribution in [1.82, 2.24) is 0 Å². The van der Waals surface area contributed by atoms with Crippen LogP contribution in [-0.4, -0.2) is 5.11 Å². The van der Waals surface area contributed by atoms with Gasteiger partial charge in [-0.1, -0.05) is 60.7 Å². The molecule has 19 heavy (non-hydrogen) atoms. The van der Waals surface area contributed by atoms with E-state index >= 15 is 0 Å². The van der Waals surface area contributed by atoms with Crippen molar-refractivity contribution in [3.8, 4) is 0 Å². The normalized spacial score (nSPS) is 14.2. The van der Waals surface area contributed by atoms with Crippen LogP contribution in [0.4, 0.5) is 0 Å². The van der Waals surface area contributed by atoms with Crippen LogP contribution < -0.4 is 0 Å². The minimum absolute atomic E-state index is 0.505. The molecule has 4 nitrogen and oxygen atoms in total. The van der Waals surface area contributed by atoms with E-state index < -0.39 is 21.3 Å². The van der Waals surface area contributed by atoms with E-state index in [2.05, 4.69) is 0 Å². The molecule has 0 aliphatic heterocycles. The fraction of sp³-hybridized carbons (Fsp3) is 0.143. The Kier molecular flexibility index (Phi) is 5.19. The van der Waals surface area contributed by atoms with Gasteiger partial charge in [-0.2, -0.15) is 0 Å². The number of ether oxygens (including phenoxy) is 1. The highest BCUT2D eigenvalue weighted by Crippen LogP contribution is 2.28. The number of aliphatic hydroxyl groups is 1. The molecule has 0 spiro atoms. The smallest absolute Gasteiger partial charge is 0.330 e. The number of aliphatic hydroxyl groups excluding tert-OH is 1. The SMILES string of the molecule is O=POC(OC(O)c1ccccc1)c1ccccc1. The molecule has 1 N–H and O–H groups in total. The highest BCUT2D eigenvalue weighted by molar-refractivity contribution is 7.17. The van der Waals surface area contributed by atoms with Crippen molar-refractivity contribution in [2.75, 3.05) is 0 Å². The Morgan fingerprint density at radius 3 is 1.95 bits per heavy atom. The van der Waals surface area contributed by atoms with Crippen molar-refractivity contribution in [2.24, 2.45) is 0 Å². The largest absolute Gasteiger partial charge is 0.364 e. The monoisotopic (exact) mass is 276 g/mol. The molecule has 0 aliphatic rings. The zero-order valence-corrected chi connectivity index (χ0v) is 10.9. The van der Waals surface area contributed by atoms with E-state index in [4.69, 9.17) is 9.26 Å². The minimum atomic E-state index is -1.15. The number of benzene rings is 2. The van der Waals surface area contributed by atoms with Gasteiger partial charge in [-0.15, -0.1) is 0 Å². The van der Waals surface area contributed by atoms with Crippen molar-refractivity contribution in [1.29, 1.82) is 0 Å². The minimum Gasteiger partial charge on any atom is -0.364 e. The summed E-state index contributed by atoms with van der Waals surface area (Å²) in [4.78, 5) is 0. The lowest BCUT2D eigenvalue weighted by molar-refractivity contribution is -0.201. The second kappa shape index (κ2) is 7.12. The van der Waals surface area contributed by atoms with E-state index in [0.717, 1.165) is 0 Å². The van der Waals surface area contributed by atoms with Crippen LogP contribution in [-0.2, 0) is 13.8 Å². The number of hydrogen-bond acceptors (Lipinski definition) is 4. The van der Waals surface area contributed by atoms with E-state index in [1.807, 2.05) is 24.3 Å². The molecule has 0 fully saturated rings. The van der Waals surface area contributed by atoms with Gasteiger partial charge in [-0.25, -0.2) is 4.57 Å². The Hall–Kier alpha value is -1.58. The second-order valence-corrected chi connectivity index (χ2v) is 4.18. The van der Waals surface area contributed by atoms with Gasteiger partial charge in [0.05, 0.1) is 0 Å². The van der Waals surface area contributed by atoms with E-state index in [1.54, 1.807) is 36.4 Å². The Morgan fingerprint density at radius 1 is 0.895 bits per heavy atom. The van der Waals surface area contributed by atoms with Gasteiger partial charge in [0.2, 0.25) is 0 Å². The summed E-state index contributed by atoms with van der Waals surface area (Å²) < 4.78 is 21.0. The quantitative estimate of drug-likeness (QED) is 0.646. The summed E-state index contributed by atoms with van der Waals surface area (Å²) in [7, 11) is -0.505. The lowest BCUT2D eigenvalue weighted by Gasteiger charge is -2.19. The summed E-state index contributed by atoms with van der Waals surface area (Å²) in [5.41, 5.74) is 1.29. The van der Waals surface area contributed by atoms with Gasteiger partial charge in [0, 0.05) is 11.1 Å². The van der Waals surface area contributed by atoms with Crippen LogP contribution in [0.15, 0.2) is 60.7 Å². The average molecular weight is 276 g/mol. The standard InChI is InChI=1S/C14H13O4P/c15-13(11-7-3-1-4-8-11)17-14(18-19-16)12-9-5-2-6-10-12/h1-10,13-15H. The zero-order valence-electron chi connectivity index (χ0n) is 10.0. The van der Waals surface area contributed by atoms with Gasteiger partial charge in [0.15, 0.2) is 12.6 Å². The van der Waals surface area contributed by atoms with Gasteiger partial charge >= 0.3 is 8.69 Å². The second-order valence-electron chi connectivity index (χ2n) is 3.82. The molecular formula is C14H13O4P. The first-order valence-electron chi connectivity index (χ1n) is 5.73. The van der Waals surface area contributed by atoms with Gasteiger partial charge in [0.1, 0.15) is 0 Å². The van der Waals surface area contributed by atoms with Crippen LogP contribution in [0.25, 0.3) is 0 Å². The topological polar surface area (TPSA) is 55.8 Å². The molecule has 0 saturated heterocycles. The molecule has 5 heteroatoms. The summed E-state index contributed by atoms with van der Waals surface area (Å²) >= 11 is 0. The van der Waals surface area contributed by atoms with Crippen molar-refractivity contribution >= 4 is 8.69 Å². The lowest BCUT2D eigenvalue weighted by Crippen LogP contribution is -2.10. The highest BCUT2D eigenvalue weighted by Gasteiger charge is 2.18. The predicted octanol–water partition coefficient (Wildman–Crippen LogP) is 3.62. The molecule has 0 saturated carbocycles. The first kappa shape index (κ1) is 13.8. The maximum Gasteiger partial charge on any atom is 0.330 e. The Bertz CT molecular complexity index is 503. The van der Waals surface area contributed by atoms with Crippen LogP contribution in [0.3, 0.4) is 0 Å². The number of rotatable bonds is 6. The van der Waals surface area contributed by atoms with E-state index in [0.29, 0.717) is 11.1 Å². The Morgan fingerprint density at radius 2 is 1.42 bits per heavy atom. The molecule has 0 radical (unpaired) electrons. The molecule has 2 rings (SSSR count). The van der Waals surface area contributed by atoms with Crippen molar-refractivity contribution in [3.05, 3.63) is 71.8 Å².